The van der Waals surface area contributed by atoms with Gasteiger partial charge in [-0.2, -0.15) is 5.10 Å². The average molecular weight is 352 g/mol. The van der Waals surface area contributed by atoms with Crippen LogP contribution in [-0.4, -0.2) is 39.2 Å². The van der Waals surface area contributed by atoms with E-state index in [9.17, 15) is 4.79 Å². The van der Waals surface area contributed by atoms with Gasteiger partial charge in [-0.3, -0.25) is 9.89 Å². The van der Waals surface area contributed by atoms with Gasteiger partial charge in [-0.05, 0) is 30.9 Å². The number of piperidine rings is 1. The number of rotatable bonds is 4. The number of aromatic amines is 1. The number of carbonyl (C=O) groups excluding carboxylic acids is 1. The number of amides is 1. The molecule has 1 fully saturated rings. The van der Waals surface area contributed by atoms with Crippen molar-refractivity contribution in [3.05, 3.63) is 42.5 Å². The van der Waals surface area contributed by atoms with Crippen LogP contribution in [0.1, 0.15) is 30.3 Å². The Morgan fingerprint density at radius 3 is 2.92 bits per heavy atom. The van der Waals surface area contributed by atoms with E-state index in [-0.39, 0.29) is 11.6 Å². The van der Waals surface area contributed by atoms with E-state index in [0.29, 0.717) is 17.3 Å². The van der Waals surface area contributed by atoms with Gasteiger partial charge in [0.1, 0.15) is 23.7 Å². The molecule has 0 aliphatic carbocycles. The van der Waals surface area contributed by atoms with Crippen molar-refractivity contribution in [2.24, 2.45) is 5.92 Å². The van der Waals surface area contributed by atoms with E-state index in [0.717, 1.165) is 37.7 Å². The summed E-state index contributed by atoms with van der Waals surface area (Å²) in [5.74, 6) is 2.33. The molecule has 0 saturated carbocycles. The largest absolute Gasteiger partial charge is 0.463 e. The SMILES string of the molecule is CC1CCN(c2cc(NC(=O)c3cc(-c4ccco4)[nH]n3)ncn2)CC1. The molecule has 134 valence electrons. The van der Waals surface area contributed by atoms with Crippen molar-refractivity contribution >= 4 is 17.5 Å². The highest BCUT2D eigenvalue weighted by Gasteiger charge is 2.18. The van der Waals surface area contributed by atoms with Crippen LogP contribution in [0.2, 0.25) is 0 Å². The summed E-state index contributed by atoms with van der Waals surface area (Å²) in [6.45, 7) is 4.21. The molecule has 1 amide bonds. The summed E-state index contributed by atoms with van der Waals surface area (Å²) in [6, 6.07) is 7.02. The zero-order valence-electron chi connectivity index (χ0n) is 14.5. The van der Waals surface area contributed by atoms with Gasteiger partial charge in [-0.1, -0.05) is 6.92 Å². The molecule has 1 aliphatic heterocycles. The number of anilines is 2. The highest BCUT2D eigenvalue weighted by Crippen LogP contribution is 2.23. The van der Waals surface area contributed by atoms with Crippen LogP contribution in [0.5, 0.6) is 0 Å². The number of H-pyrrole nitrogens is 1. The Morgan fingerprint density at radius 1 is 1.31 bits per heavy atom. The Labute approximate surface area is 150 Å². The molecule has 1 saturated heterocycles. The van der Waals surface area contributed by atoms with Crippen LogP contribution >= 0.6 is 0 Å². The molecular formula is C18H20N6O2. The van der Waals surface area contributed by atoms with E-state index in [2.05, 4.69) is 37.3 Å². The second-order valence-electron chi connectivity index (χ2n) is 6.53. The Bertz CT molecular complexity index is 881. The van der Waals surface area contributed by atoms with Gasteiger partial charge in [0.2, 0.25) is 0 Å². The third-order valence-electron chi connectivity index (χ3n) is 4.60. The van der Waals surface area contributed by atoms with Crippen LogP contribution in [0.15, 0.2) is 41.3 Å². The monoisotopic (exact) mass is 352 g/mol. The zero-order chi connectivity index (χ0) is 17.9. The van der Waals surface area contributed by atoms with Gasteiger partial charge in [-0.25, -0.2) is 9.97 Å². The first-order valence-corrected chi connectivity index (χ1v) is 8.66. The number of nitrogens with one attached hydrogen (secondary N) is 2. The minimum Gasteiger partial charge on any atom is -0.463 e. The maximum absolute atomic E-state index is 12.4. The molecule has 0 unspecified atom stereocenters. The normalized spacial score (nSPS) is 15.2. The Kier molecular flexibility index (Phi) is 4.39. The van der Waals surface area contributed by atoms with E-state index in [1.807, 2.05) is 0 Å². The summed E-state index contributed by atoms with van der Waals surface area (Å²) >= 11 is 0. The number of aromatic nitrogens is 4. The van der Waals surface area contributed by atoms with Crippen LogP contribution in [0.4, 0.5) is 11.6 Å². The summed E-state index contributed by atoms with van der Waals surface area (Å²) in [6.07, 6.45) is 5.34. The van der Waals surface area contributed by atoms with E-state index >= 15 is 0 Å². The fraction of sp³-hybridized carbons (Fsp3) is 0.333. The lowest BCUT2D eigenvalue weighted by atomic mass is 9.99. The number of furan rings is 1. The van der Waals surface area contributed by atoms with E-state index < -0.39 is 0 Å². The summed E-state index contributed by atoms with van der Waals surface area (Å²) < 4.78 is 5.29. The van der Waals surface area contributed by atoms with Gasteiger partial charge in [-0.15, -0.1) is 0 Å². The van der Waals surface area contributed by atoms with Crippen molar-refractivity contribution in [1.82, 2.24) is 20.2 Å². The molecule has 0 aromatic carbocycles. The maximum Gasteiger partial charge on any atom is 0.277 e. The quantitative estimate of drug-likeness (QED) is 0.749. The highest BCUT2D eigenvalue weighted by molar-refractivity contribution is 6.03. The van der Waals surface area contributed by atoms with Gasteiger partial charge >= 0.3 is 0 Å². The van der Waals surface area contributed by atoms with Crippen molar-refractivity contribution in [1.29, 1.82) is 0 Å². The molecule has 0 atom stereocenters. The smallest absolute Gasteiger partial charge is 0.277 e. The number of nitrogens with zero attached hydrogens (tertiary/aromatic N) is 4. The number of carbonyl (C=O) groups is 1. The Balaban J connectivity index is 1.45. The van der Waals surface area contributed by atoms with Crippen molar-refractivity contribution in [3.8, 4) is 11.5 Å². The third-order valence-corrected chi connectivity index (χ3v) is 4.60. The Hall–Kier alpha value is -3.16. The fourth-order valence-corrected chi connectivity index (χ4v) is 3.00. The summed E-state index contributed by atoms with van der Waals surface area (Å²) in [5, 5.41) is 9.61. The van der Waals surface area contributed by atoms with E-state index in [1.165, 1.54) is 6.33 Å². The minimum atomic E-state index is -0.337. The summed E-state index contributed by atoms with van der Waals surface area (Å²) in [7, 11) is 0. The van der Waals surface area contributed by atoms with Gasteiger partial charge in [0.05, 0.1) is 6.26 Å². The first-order chi connectivity index (χ1) is 12.7. The lowest BCUT2D eigenvalue weighted by Crippen LogP contribution is -2.33. The van der Waals surface area contributed by atoms with Crippen LogP contribution in [0.3, 0.4) is 0 Å². The molecule has 0 bridgehead atoms. The van der Waals surface area contributed by atoms with E-state index in [1.54, 1.807) is 30.5 Å². The third kappa shape index (κ3) is 3.44. The van der Waals surface area contributed by atoms with Gasteiger partial charge in [0, 0.05) is 25.2 Å². The second-order valence-corrected chi connectivity index (χ2v) is 6.53. The molecule has 4 heterocycles. The standard InChI is InChI=1S/C18H20N6O2/c1-12-4-6-24(7-5-12)17-10-16(19-11-20-17)21-18(25)14-9-13(22-23-14)15-3-2-8-26-15/h2-3,8-12H,4-7H2,1H3,(H,22,23)(H,19,20,21,25). The molecule has 8 nitrogen and oxygen atoms in total. The molecule has 1 aliphatic rings. The predicted octanol–water partition coefficient (Wildman–Crippen LogP) is 2.95. The molecule has 3 aromatic rings. The number of hydrogen-bond donors (Lipinski definition) is 2. The fourth-order valence-electron chi connectivity index (χ4n) is 3.00. The first-order valence-electron chi connectivity index (χ1n) is 8.66. The lowest BCUT2D eigenvalue weighted by Gasteiger charge is -2.31. The van der Waals surface area contributed by atoms with Crippen molar-refractivity contribution in [2.75, 3.05) is 23.3 Å². The molecule has 0 radical (unpaired) electrons. The highest BCUT2D eigenvalue weighted by atomic mass is 16.3. The molecule has 4 rings (SSSR count). The van der Waals surface area contributed by atoms with Crippen LogP contribution in [-0.2, 0) is 0 Å². The van der Waals surface area contributed by atoms with Gasteiger partial charge in [0.25, 0.3) is 5.91 Å². The molecular weight excluding hydrogens is 332 g/mol. The molecule has 3 aromatic heterocycles. The van der Waals surface area contributed by atoms with Crippen LogP contribution in [0, 0.1) is 5.92 Å². The van der Waals surface area contributed by atoms with Crippen LogP contribution in [0.25, 0.3) is 11.5 Å². The topological polar surface area (TPSA) is 99.9 Å². The van der Waals surface area contributed by atoms with Crippen molar-refractivity contribution in [2.45, 2.75) is 19.8 Å². The zero-order valence-corrected chi connectivity index (χ0v) is 14.5. The molecule has 2 N–H and O–H groups in total. The van der Waals surface area contributed by atoms with Crippen molar-refractivity contribution in [3.63, 3.8) is 0 Å². The lowest BCUT2D eigenvalue weighted by molar-refractivity contribution is 0.102. The number of hydrogen-bond acceptors (Lipinski definition) is 6. The average Bonchev–Trinajstić information content (AvgIpc) is 3.34. The predicted molar refractivity (Wildman–Crippen MR) is 96.9 cm³/mol. The van der Waals surface area contributed by atoms with Crippen LogP contribution < -0.4 is 10.2 Å². The second kappa shape index (κ2) is 6.99. The maximum atomic E-state index is 12.4. The van der Waals surface area contributed by atoms with Crippen molar-refractivity contribution < 1.29 is 9.21 Å². The summed E-state index contributed by atoms with van der Waals surface area (Å²) in [5.41, 5.74) is 0.911. The Morgan fingerprint density at radius 2 is 2.15 bits per heavy atom. The molecule has 8 heteroatoms. The van der Waals surface area contributed by atoms with E-state index in [4.69, 9.17) is 4.42 Å². The molecule has 0 spiro atoms. The summed E-state index contributed by atoms with van der Waals surface area (Å²) in [4.78, 5) is 23.1. The molecule has 26 heavy (non-hydrogen) atoms. The first kappa shape index (κ1) is 16.3. The van der Waals surface area contributed by atoms with Gasteiger partial charge in [0.15, 0.2) is 11.5 Å². The minimum absolute atomic E-state index is 0.267. The van der Waals surface area contributed by atoms with Gasteiger partial charge < -0.3 is 14.6 Å².